The van der Waals surface area contributed by atoms with Gasteiger partial charge >= 0.3 is 0 Å². The lowest BCUT2D eigenvalue weighted by Gasteiger charge is -2.21. The quantitative estimate of drug-likeness (QED) is 0.651. The summed E-state index contributed by atoms with van der Waals surface area (Å²) >= 11 is 0. The molecule has 0 aromatic carbocycles. The number of rotatable bonds is 6. The highest BCUT2D eigenvalue weighted by atomic mass is 14.9. The molecule has 1 fully saturated rings. The highest BCUT2D eigenvalue weighted by Gasteiger charge is 2.09. The Labute approximate surface area is 96.0 Å². The zero-order chi connectivity index (χ0) is 10.8. The summed E-state index contributed by atoms with van der Waals surface area (Å²) < 4.78 is 0. The van der Waals surface area contributed by atoms with Crippen molar-refractivity contribution in [2.45, 2.75) is 76.7 Å². The molecule has 0 atom stereocenters. The van der Waals surface area contributed by atoms with Crippen molar-refractivity contribution in [3.05, 3.63) is 6.92 Å². The number of unbranched alkanes of at least 4 members (excludes halogenated alkanes) is 3. The predicted octanol–water partition coefficient (Wildman–Crippen LogP) is 4.08. The molecule has 1 N–H and O–H groups in total. The minimum Gasteiger partial charge on any atom is -0.314 e. The Morgan fingerprint density at radius 2 is 1.53 bits per heavy atom. The van der Waals surface area contributed by atoms with E-state index in [0.717, 1.165) is 12.5 Å². The fourth-order valence-corrected chi connectivity index (χ4v) is 2.45. The van der Waals surface area contributed by atoms with Crippen LogP contribution < -0.4 is 5.32 Å². The van der Waals surface area contributed by atoms with Gasteiger partial charge in [-0.3, -0.25) is 0 Å². The molecule has 1 rings (SSSR count). The van der Waals surface area contributed by atoms with Crippen molar-refractivity contribution >= 4 is 0 Å². The van der Waals surface area contributed by atoms with Gasteiger partial charge in [0.1, 0.15) is 0 Å². The Hall–Kier alpha value is -0.0400. The average Bonchev–Trinajstić information content (AvgIpc) is 2.20. The van der Waals surface area contributed by atoms with Crippen LogP contribution in [-0.4, -0.2) is 12.6 Å². The first-order chi connectivity index (χ1) is 7.43. The second-order valence-corrected chi connectivity index (χ2v) is 4.91. The van der Waals surface area contributed by atoms with Gasteiger partial charge in [-0.1, -0.05) is 58.3 Å². The average molecular weight is 210 g/mol. The van der Waals surface area contributed by atoms with Crippen molar-refractivity contribution in [2.24, 2.45) is 0 Å². The predicted molar refractivity (Wildman–Crippen MR) is 67.9 cm³/mol. The summed E-state index contributed by atoms with van der Waals surface area (Å²) in [5.41, 5.74) is 0. The van der Waals surface area contributed by atoms with Gasteiger partial charge in [-0.2, -0.15) is 0 Å². The van der Waals surface area contributed by atoms with Crippen molar-refractivity contribution in [3.8, 4) is 0 Å². The lowest BCUT2D eigenvalue weighted by Crippen LogP contribution is -2.30. The molecule has 1 nitrogen and oxygen atoms in total. The van der Waals surface area contributed by atoms with E-state index in [4.69, 9.17) is 0 Å². The monoisotopic (exact) mass is 210 g/mol. The first kappa shape index (κ1) is 13.0. The van der Waals surface area contributed by atoms with Gasteiger partial charge in [0.2, 0.25) is 0 Å². The second-order valence-electron chi connectivity index (χ2n) is 4.91. The lowest BCUT2D eigenvalue weighted by atomic mass is 9.96. The number of hydrogen-bond acceptors (Lipinski definition) is 1. The standard InChI is InChI=1S/C14H28N/c1-2-3-4-10-13-15-14-11-8-6-5-7-9-12-14/h14-15H,1-13H2. The van der Waals surface area contributed by atoms with Crippen LogP contribution in [0.3, 0.4) is 0 Å². The Morgan fingerprint density at radius 1 is 0.867 bits per heavy atom. The highest BCUT2D eigenvalue weighted by molar-refractivity contribution is 4.69. The van der Waals surface area contributed by atoms with Crippen molar-refractivity contribution in [1.29, 1.82) is 0 Å². The third-order valence-electron chi connectivity index (χ3n) is 3.46. The topological polar surface area (TPSA) is 12.0 Å². The fourth-order valence-electron chi connectivity index (χ4n) is 2.45. The molecule has 0 bridgehead atoms. The maximum atomic E-state index is 3.88. The number of nitrogens with one attached hydrogen (secondary N) is 1. The lowest BCUT2D eigenvalue weighted by molar-refractivity contribution is 0.386. The van der Waals surface area contributed by atoms with E-state index >= 15 is 0 Å². The maximum absolute atomic E-state index is 3.88. The Bertz CT molecular complexity index is 125. The molecule has 1 aliphatic carbocycles. The van der Waals surface area contributed by atoms with Crippen molar-refractivity contribution in [3.63, 3.8) is 0 Å². The molecule has 0 heterocycles. The van der Waals surface area contributed by atoms with Gasteiger partial charge in [-0.05, 0) is 25.8 Å². The van der Waals surface area contributed by atoms with E-state index in [1.165, 1.54) is 70.8 Å². The molecule has 0 aliphatic heterocycles. The third-order valence-corrected chi connectivity index (χ3v) is 3.46. The smallest absolute Gasteiger partial charge is 0.00670 e. The van der Waals surface area contributed by atoms with Crippen LogP contribution in [0, 0.1) is 6.92 Å². The highest BCUT2D eigenvalue weighted by Crippen LogP contribution is 2.17. The minimum absolute atomic E-state index is 0.824. The van der Waals surface area contributed by atoms with Crippen LogP contribution in [0.2, 0.25) is 0 Å². The summed E-state index contributed by atoms with van der Waals surface area (Å²) in [6.07, 6.45) is 15.2. The van der Waals surface area contributed by atoms with Crippen LogP contribution in [-0.2, 0) is 0 Å². The molecule has 0 aromatic heterocycles. The van der Waals surface area contributed by atoms with Gasteiger partial charge < -0.3 is 5.32 Å². The van der Waals surface area contributed by atoms with E-state index in [-0.39, 0.29) is 0 Å². The van der Waals surface area contributed by atoms with Crippen LogP contribution in [0.1, 0.15) is 70.6 Å². The van der Waals surface area contributed by atoms with Crippen molar-refractivity contribution < 1.29 is 0 Å². The fraction of sp³-hybridized carbons (Fsp3) is 0.929. The molecule has 0 amide bonds. The molecule has 1 heteroatoms. The zero-order valence-corrected chi connectivity index (χ0v) is 10.3. The van der Waals surface area contributed by atoms with Crippen LogP contribution >= 0.6 is 0 Å². The van der Waals surface area contributed by atoms with E-state index in [2.05, 4.69) is 12.2 Å². The molecular weight excluding hydrogens is 182 g/mol. The van der Waals surface area contributed by atoms with Gasteiger partial charge in [-0.25, -0.2) is 0 Å². The van der Waals surface area contributed by atoms with Crippen molar-refractivity contribution in [2.75, 3.05) is 6.54 Å². The summed E-state index contributed by atoms with van der Waals surface area (Å²) in [6.45, 7) is 5.10. The van der Waals surface area contributed by atoms with Gasteiger partial charge in [0.05, 0.1) is 0 Å². The molecule has 1 radical (unpaired) electrons. The van der Waals surface area contributed by atoms with E-state index in [9.17, 15) is 0 Å². The van der Waals surface area contributed by atoms with E-state index < -0.39 is 0 Å². The van der Waals surface area contributed by atoms with Gasteiger partial charge in [-0.15, -0.1) is 0 Å². The van der Waals surface area contributed by atoms with Gasteiger partial charge in [0.15, 0.2) is 0 Å². The van der Waals surface area contributed by atoms with Crippen LogP contribution in [0.15, 0.2) is 0 Å². The summed E-state index contributed by atoms with van der Waals surface area (Å²) in [4.78, 5) is 0. The normalized spacial score (nSPS) is 19.8. The van der Waals surface area contributed by atoms with Gasteiger partial charge in [0, 0.05) is 6.04 Å². The maximum Gasteiger partial charge on any atom is 0.00670 e. The molecule has 0 unspecified atom stereocenters. The largest absolute Gasteiger partial charge is 0.314 e. The summed E-state index contributed by atoms with van der Waals surface area (Å²) in [5.74, 6) is 0. The molecule has 0 spiro atoms. The summed E-state index contributed by atoms with van der Waals surface area (Å²) in [6, 6.07) is 0.824. The first-order valence-electron chi connectivity index (χ1n) is 6.96. The van der Waals surface area contributed by atoms with E-state index in [1.807, 2.05) is 0 Å². The van der Waals surface area contributed by atoms with Crippen LogP contribution in [0.4, 0.5) is 0 Å². The van der Waals surface area contributed by atoms with Gasteiger partial charge in [0.25, 0.3) is 0 Å². The first-order valence-corrected chi connectivity index (χ1v) is 6.96. The van der Waals surface area contributed by atoms with Crippen LogP contribution in [0.25, 0.3) is 0 Å². The molecular formula is C14H28N. The molecule has 1 saturated carbocycles. The second kappa shape index (κ2) is 9.21. The SMILES string of the molecule is [CH2]CCCCCNC1CCCCCCC1. The third kappa shape index (κ3) is 6.94. The van der Waals surface area contributed by atoms with Crippen molar-refractivity contribution in [1.82, 2.24) is 5.32 Å². The molecule has 89 valence electrons. The van der Waals surface area contributed by atoms with E-state index in [1.54, 1.807) is 0 Å². The van der Waals surface area contributed by atoms with Crippen LogP contribution in [0.5, 0.6) is 0 Å². The molecule has 0 saturated heterocycles. The zero-order valence-electron chi connectivity index (χ0n) is 10.3. The molecule has 15 heavy (non-hydrogen) atoms. The Kier molecular flexibility index (Phi) is 7.99. The summed E-state index contributed by atoms with van der Waals surface area (Å²) in [7, 11) is 0. The minimum atomic E-state index is 0.824. The molecule has 0 aromatic rings. The Morgan fingerprint density at radius 3 is 2.20 bits per heavy atom. The number of hydrogen-bond donors (Lipinski definition) is 1. The Balaban J connectivity index is 1.97. The van der Waals surface area contributed by atoms with E-state index in [0.29, 0.717) is 0 Å². The summed E-state index contributed by atoms with van der Waals surface area (Å²) in [5, 5.41) is 3.73. The molecule has 1 aliphatic rings.